The molecule has 0 saturated heterocycles. The number of methoxy groups -OCH3 is 1. The summed E-state index contributed by atoms with van der Waals surface area (Å²) < 4.78 is 5.24. The van der Waals surface area contributed by atoms with E-state index in [0.717, 1.165) is 16.4 Å². The van der Waals surface area contributed by atoms with Crippen molar-refractivity contribution in [1.29, 1.82) is 0 Å². The second-order valence-electron chi connectivity index (χ2n) is 5.02. The molecule has 0 fully saturated rings. The second kappa shape index (κ2) is 7.14. The number of hydrogen-bond donors (Lipinski definition) is 2. The van der Waals surface area contributed by atoms with E-state index in [0.29, 0.717) is 17.0 Å². The monoisotopic (exact) mass is 339 g/mol. The average molecular weight is 339 g/mol. The molecule has 0 radical (unpaired) electrons. The average Bonchev–Trinajstić information content (AvgIpc) is 3.11. The van der Waals surface area contributed by atoms with Crippen LogP contribution in [0.4, 0.5) is 10.8 Å². The molecule has 0 saturated carbocycles. The van der Waals surface area contributed by atoms with Crippen molar-refractivity contribution < 1.29 is 9.53 Å². The molecule has 0 aliphatic carbocycles. The number of benzene rings is 2. The summed E-state index contributed by atoms with van der Waals surface area (Å²) in [6.07, 6.45) is 0. The summed E-state index contributed by atoms with van der Waals surface area (Å²) in [5.41, 5.74) is 3.03. The van der Waals surface area contributed by atoms with Crippen molar-refractivity contribution in [3.8, 4) is 17.0 Å². The highest BCUT2D eigenvalue weighted by atomic mass is 32.1. The number of anilines is 2. The molecule has 3 rings (SSSR count). The van der Waals surface area contributed by atoms with Gasteiger partial charge in [0.15, 0.2) is 5.13 Å². The van der Waals surface area contributed by atoms with E-state index in [2.05, 4.69) is 15.6 Å². The van der Waals surface area contributed by atoms with Crippen LogP contribution in [0, 0.1) is 0 Å². The van der Waals surface area contributed by atoms with Crippen molar-refractivity contribution in [3.63, 3.8) is 0 Å². The highest BCUT2D eigenvalue weighted by Gasteiger charge is 2.12. The molecule has 2 N–H and O–H groups in total. The fraction of sp³-hybridized carbons (Fsp3) is 0.111. The highest BCUT2D eigenvalue weighted by molar-refractivity contribution is 7.14. The number of rotatable bonds is 5. The third kappa shape index (κ3) is 3.38. The lowest BCUT2D eigenvalue weighted by Gasteiger charge is -2.09. The first-order chi connectivity index (χ1) is 11.7. The Morgan fingerprint density at radius 1 is 1.17 bits per heavy atom. The number of carbonyl (C=O) groups is 1. The van der Waals surface area contributed by atoms with Gasteiger partial charge in [0.05, 0.1) is 18.4 Å². The maximum atomic E-state index is 12.5. The topological polar surface area (TPSA) is 63.2 Å². The van der Waals surface area contributed by atoms with Crippen LogP contribution in [0.2, 0.25) is 0 Å². The number of thiazole rings is 1. The quantitative estimate of drug-likeness (QED) is 0.734. The number of ether oxygens (including phenoxy) is 1. The molecule has 1 heterocycles. The summed E-state index contributed by atoms with van der Waals surface area (Å²) in [6.45, 7) is 0. The molecule has 122 valence electrons. The highest BCUT2D eigenvalue weighted by Crippen LogP contribution is 2.27. The lowest BCUT2D eigenvalue weighted by Crippen LogP contribution is -2.13. The lowest BCUT2D eigenvalue weighted by atomic mass is 10.1. The van der Waals surface area contributed by atoms with Crippen molar-refractivity contribution in [2.24, 2.45) is 0 Å². The summed E-state index contributed by atoms with van der Waals surface area (Å²) in [5, 5.41) is 8.76. The Hall–Kier alpha value is -2.86. The molecule has 3 aromatic rings. The number of nitrogens with zero attached hydrogens (tertiary/aromatic N) is 1. The van der Waals surface area contributed by atoms with Gasteiger partial charge >= 0.3 is 0 Å². The van der Waals surface area contributed by atoms with E-state index in [1.54, 1.807) is 19.2 Å². The normalized spacial score (nSPS) is 10.2. The number of carbonyl (C=O) groups excluding carboxylic acids is 1. The SMILES string of the molecule is CNc1nc(-c2cccc(NC(=O)c3ccccc3OC)c2)cs1. The van der Waals surface area contributed by atoms with Crippen LogP contribution < -0.4 is 15.4 Å². The largest absolute Gasteiger partial charge is 0.496 e. The van der Waals surface area contributed by atoms with E-state index in [1.807, 2.05) is 48.8 Å². The Morgan fingerprint density at radius 2 is 2.00 bits per heavy atom. The zero-order valence-corrected chi connectivity index (χ0v) is 14.2. The number of nitrogens with one attached hydrogen (secondary N) is 2. The van der Waals surface area contributed by atoms with Gasteiger partial charge in [-0.15, -0.1) is 11.3 Å². The molecule has 5 nitrogen and oxygen atoms in total. The third-order valence-electron chi connectivity index (χ3n) is 3.49. The van der Waals surface area contributed by atoms with Gasteiger partial charge in [-0.3, -0.25) is 4.79 Å². The Labute approximate surface area is 144 Å². The van der Waals surface area contributed by atoms with Gasteiger partial charge in [-0.05, 0) is 24.3 Å². The van der Waals surface area contributed by atoms with Crippen LogP contribution in [0.3, 0.4) is 0 Å². The minimum absolute atomic E-state index is 0.209. The first-order valence-electron chi connectivity index (χ1n) is 7.39. The van der Waals surface area contributed by atoms with Gasteiger partial charge in [-0.25, -0.2) is 4.98 Å². The minimum atomic E-state index is -0.209. The summed E-state index contributed by atoms with van der Waals surface area (Å²) >= 11 is 1.54. The van der Waals surface area contributed by atoms with E-state index >= 15 is 0 Å². The van der Waals surface area contributed by atoms with Crippen molar-refractivity contribution in [2.45, 2.75) is 0 Å². The Kier molecular flexibility index (Phi) is 4.77. The lowest BCUT2D eigenvalue weighted by molar-refractivity contribution is 0.102. The smallest absolute Gasteiger partial charge is 0.259 e. The molecule has 1 amide bonds. The van der Waals surface area contributed by atoms with Gasteiger partial charge in [0.2, 0.25) is 0 Å². The summed E-state index contributed by atoms with van der Waals surface area (Å²) in [4.78, 5) is 17.0. The molecule has 0 unspecified atom stereocenters. The molecule has 6 heteroatoms. The summed E-state index contributed by atoms with van der Waals surface area (Å²) in [7, 11) is 3.39. The molecule has 2 aromatic carbocycles. The van der Waals surface area contributed by atoms with Crippen LogP contribution >= 0.6 is 11.3 Å². The fourth-order valence-corrected chi connectivity index (χ4v) is 2.99. The first-order valence-corrected chi connectivity index (χ1v) is 8.27. The van der Waals surface area contributed by atoms with Crippen LogP contribution in [-0.2, 0) is 0 Å². The van der Waals surface area contributed by atoms with Crippen molar-refractivity contribution >= 4 is 28.1 Å². The predicted octanol–water partition coefficient (Wildman–Crippen LogP) is 4.11. The molecule has 0 spiro atoms. The molecule has 0 aliphatic heterocycles. The number of para-hydroxylation sites is 1. The second-order valence-corrected chi connectivity index (χ2v) is 5.88. The first kappa shape index (κ1) is 16.0. The molecule has 1 aromatic heterocycles. The Morgan fingerprint density at radius 3 is 2.75 bits per heavy atom. The predicted molar refractivity (Wildman–Crippen MR) is 98.0 cm³/mol. The fourth-order valence-electron chi connectivity index (χ4n) is 2.31. The van der Waals surface area contributed by atoms with Crippen LogP contribution in [0.5, 0.6) is 5.75 Å². The van der Waals surface area contributed by atoms with E-state index in [4.69, 9.17) is 4.74 Å². The standard InChI is InChI=1S/C18H17N3O2S/c1-19-18-21-15(11-24-18)12-6-5-7-13(10-12)20-17(22)14-8-3-4-9-16(14)23-2/h3-11H,1-2H3,(H,19,21)(H,20,22). The van der Waals surface area contributed by atoms with Crippen LogP contribution in [0.1, 0.15) is 10.4 Å². The molecule has 24 heavy (non-hydrogen) atoms. The minimum Gasteiger partial charge on any atom is -0.496 e. The van der Waals surface area contributed by atoms with E-state index in [9.17, 15) is 4.79 Å². The van der Waals surface area contributed by atoms with Crippen molar-refractivity contribution in [3.05, 3.63) is 59.5 Å². The third-order valence-corrected chi connectivity index (χ3v) is 4.35. The Bertz CT molecular complexity index is 861. The molecular weight excluding hydrogens is 322 g/mol. The van der Waals surface area contributed by atoms with Crippen LogP contribution in [-0.4, -0.2) is 25.0 Å². The van der Waals surface area contributed by atoms with Crippen molar-refractivity contribution in [1.82, 2.24) is 4.98 Å². The number of hydrogen-bond acceptors (Lipinski definition) is 5. The molecule has 0 aliphatic rings. The maximum absolute atomic E-state index is 12.5. The Balaban J connectivity index is 1.83. The van der Waals surface area contributed by atoms with Gasteiger partial charge < -0.3 is 15.4 Å². The molecule has 0 atom stereocenters. The van der Waals surface area contributed by atoms with Gasteiger partial charge in [0.1, 0.15) is 5.75 Å². The van der Waals surface area contributed by atoms with Gasteiger partial charge in [-0.2, -0.15) is 0 Å². The van der Waals surface area contributed by atoms with E-state index in [-0.39, 0.29) is 5.91 Å². The summed E-state index contributed by atoms with van der Waals surface area (Å²) in [5.74, 6) is 0.336. The van der Waals surface area contributed by atoms with Gasteiger partial charge in [0.25, 0.3) is 5.91 Å². The van der Waals surface area contributed by atoms with Crippen molar-refractivity contribution in [2.75, 3.05) is 24.8 Å². The maximum Gasteiger partial charge on any atom is 0.259 e. The van der Waals surface area contributed by atoms with Gasteiger partial charge in [-0.1, -0.05) is 24.3 Å². The van der Waals surface area contributed by atoms with Crippen LogP contribution in [0.15, 0.2) is 53.9 Å². The van der Waals surface area contributed by atoms with Crippen LogP contribution in [0.25, 0.3) is 11.3 Å². The van der Waals surface area contributed by atoms with E-state index in [1.165, 1.54) is 11.3 Å². The van der Waals surface area contributed by atoms with E-state index < -0.39 is 0 Å². The number of aromatic nitrogens is 1. The zero-order chi connectivity index (χ0) is 16.9. The molecule has 0 bridgehead atoms. The number of amides is 1. The van der Waals surface area contributed by atoms with Gasteiger partial charge in [0, 0.05) is 23.7 Å². The zero-order valence-electron chi connectivity index (χ0n) is 13.4. The molecular formula is C18H17N3O2S. The summed E-state index contributed by atoms with van der Waals surface area (Å²) in [6, 6.07) is 14.8.